The molecule has 2 aromatic carbocycles. The number of carboxylic acid groups (broad SMARTS) is 1. The maximum Gasteiger partial charge on any atom is 0.306 e. The third-order valence-electron chi connectivity index (χ3n) is 4.20. The molecule has 0 fully saturated rings. The zero-order chi connectivity index (χ0) is 18.8. The van der Waals surface area contributed by atoms with Crippen molar-refractivity contribution in [1.29, 1.82) is 0 Å². The summed E-state index contributed by atoms with van der Waals surface area (Å²) in [6.45, 7) is 1.97. The number of aliphatic carboxylic acids is 1. The Morgan fingerprint density at radius 2 is 2.12 bits per heavy atom. The molecule has 0 saturated heterocycles. The molecule has 1 aliphatic heterocycles. The molecule has 0 aromatic heterocycles. The molecular formula is C19H18ClNO4S. The summed E-state index contributed by atoms with van der Waals surface area (Å²) in [4.78, 5) is 11.6. The van der Waals surface area contributed by atoms with E-state index in [4.69, 9.17) is 33.3 Å². The van der Waals surface area contributed by atoms with Crippen LogP contribution in [0.1, 0.15) is 29.2 Å². The van der Waals surface area contributed by atoms with Crippen molar-refractivity contribution in [1.82, 2.24) is 0 Å². The van der Waals surface area contributed by atoms with Crippen molar-refractivity contribution in [2.24, 2.45) is 0 Å². The number of benzene rings is 2. The second-order valence-electron chi connectivity index (χ2n) is 6.05. The number of rotatable bonds is 4. The van der Waals surface area contributed by atoms with Crippen LogP contribution < -0.4 is 10.1 Å². The Morgan fingerprint density at radius 3 is 2.81 bits per heavy atom. The molecular weight excluding hydrogens is 374 g/mol. The van der Waals surface area contributed by atoms with Crippen LogP contribution in [0.5, 0.6) is 5.75 Å². The lowest BCUT2D eigenvalue weighted by molar-refractivity contribution is -0.139. The third-order valence-corrected chi connectivity index (χ3v) is 4.97. The van der Waals surface area contributed by atoms with Crippen LogP contribution in [-0.2, 0) is 9.53 Å². The summed E-state index contributed by atoms with van der Waals surface area (Å²) in [5.41, 5.74) is 3.35. The fraction of sp³-hybridized carbons (Fsp3) is 0.263. The van der Waals surface area contributed by atoms with Crippen molar-refractivity contribution >= 4 is 40.5 Å². The highest BCUT2D eigenvalue weighted by atomic mass is 35.5. The maximum atomic E-state index is 11.2. The van der Waals surface area contributed by atoms with E-state index >= 15 is 0 Å². The molecule has 0 unspecified atom stereocenters. The van der Waals surface area contributed by atoms with Gasteiger partial charge in [0.25, 0.3) is 0 Å². The number of hydrogen-bond donors (Lipinski definition) is 2. The minimum absolute atomic E-state index is 0.239. The molecule has 1 aliphatic rings. The first-order valence-electron chi connectivity index (χ1n) is 8.01. The Morgan fingerprint density at radius 1 is 1.35 bits per heavy atom. The summed E-state index contributed by atoms with van der Waals surface area (Å²) in [7, 11) is 1.54. The molecule has 7 heteroatoms. The second-order valence-corrected chi connectivity index (χ2v) is 6.86. The van der Waals surface area contributed by atoms with Gasteiger partial charge in [0.05, 0.1) is 18.6 Å². The minimum atomic E-state index is -0.989. The summed E-state index contributed by atoms with van der Waals surface area (Å²) < 4.78 is 11.5. The van der Waals surface area contributed by atoms with Gasteiger partial charge in [-0.05, 0) is 19.1 Å². The smallest absolute Gasteiger partial charge is 0.306 e. The Bertz CT molecular complexity index is 871. The highest BCUT2D eigenvalue weighted by Gasteiger charge is 2.32. The van der Waals surface area contributed by atoms with E-state index in [1.165, 1.54) is 0 Å². The number of methoxy groups -OCH3 is 1. The molecule has 0 spiro atoms. The van der Waals surface area contributed by atoms with Gasteiger partial charge >= 0.3 is 5.97 Å². The third kappa shape index (κ3) is 3.67. The van der Waals surface area contributed by atoms with Gasteiger partial charge in [0.1, 0.15) is 22.9 Å². The van der Waals surface area contributed by atoms with E-state index in [-0.39, 0.29) is 6.42 Å². The van der Waals surface area contributed by atoms with Crippen molar-refractivity contribution < 1.29 is 19.4 Å². The lowest BCUT2D eigenvalue weighted by atomic mass is 9.97. The standard InChI is InChI=1S/C19H18ClNO4S/c1-10-6-7-13-12(8-10)18(11-4-3-5-14(24-2)17(11)20)25-15(9-16(22)23)19(26)21-13/h3-8,15,18H,9H2,1-2H3,(H,21,26)(H,22,23)/t15-,18-/m0/s1. The normalized spacial score (nSPS) is 19.3. The zero-order valence-corrected chi connectivity index (χ0v) is 15.9. The first kappa shape index (κ1) is 18.6. The molecule has 3 rings (SSSR count). The molecule has 0 radical (unpaired) electrons. The summed E-state index contributed by atoms with van der Waals surface area (Å²) in [5, 5.41) is 12.8. The average molecular weight is 392 g/mol. The Labute approximate surface area is 161 Å². The van der Waals surface area contributed by atoms with E-state index in [2.05, 4.69) is 5.32 Å². The molecule has 1 heterocycles. The second kappa shape index (κ2) is 7.61. The van der Waals surface area contributed by atoms with Crippen LogP contribution in [0.4, 0.5) is 5.69 Å². The Kier molecular flexibility index (Phi) is 5.46. The SMILES string of the molecule is COc1cccc([C@@H]2O[C@@H](CC(=O)O)C(=S)Nc3ccc(C)cc32)c1Cl. The van der Waals surface area contributed by atoms with E-state index in [1.807, 2.05) is 37.3 Å². The summed E-state index contributed by atoms with van der Waals surface area (Å²) in [6, 6.07) is 11.3. The van der Waals surface area contributed by atoms with Gasteiger partial charge in [-0.3, -0.25) is 4.79 Å². The van der Waals surface area contributed by atoms with Crippen LogP contribution in [0.25, 0.3) is 0 Å². The van der Waals surface area contributed by atoms with Crippen LogP contribution in [0.3, 0.4) is 0 Å². The van der Waals surface area contributed by atoms with Crippen molar-refractivity contribution in [3.05, 3.63) is 58.1 Å². The maximum absolute atomic E-state index is 11.2. The van der Waals surface area contributed by atoms with Crippen molar-refractivity contribution in [2.75, 3.05) is 12.4 Å². The van der Waals surface area contributed by atoms with E-state index < -0.39 is 18.2 Å². The van der Waals surface area contributed by atoms with Crippen molar-refractivity contribution in [2.45, 2.75) is 25.6 Å². The average Bonchev–Trinajstić information content (AvgIpc) is 2.72. The number of carboxylic acids is 1. The number of ether oxygens (including phenoxy) is 2. The first-order valence-corrected chi connectivity index (χ1v) is 8.80. The van der Waals surface area contributed by atoms with Crippen LogP contribution in [0.2, 0.25) is 5.02 Å². The van der Waals surface area contributed by atoms with Gasteiger partial charge in [0.15, 0.2) is 0 Å². The van der Waals surface area contributed by atoms with Crippen molar-refractivity contribution in [3.8, 4) is 5.75 Å². The summed E-state index contributed by atoms with van der Waals surface area (Å²) in [6.07, 6.45) is -1.59. The minimum Gasteiger partial charge on any atom is -0.495 e. The lowest BCUT2D eigenvalue weighted by Gasteiger charge is -2.23. The van der Waals surface area contributed by atoms with Crippen LogP contribution in [-0.4, -0.2) is 29.3 Å². The number of carbonyl (C=O) groups is 1. The molecule has 0 saturated carbocycles. The number of aryl methyl sites for hydroxylation is 1. The van der Waals surface area contributed by atoms with Crippen LogP contribution in [0.15, 0.2) is 36.4 Å². The van der Waals surface area contributed by atoms with E-state index in [0.717, 1.165) is 16.8 Å². The van der Waals surface area contributed by atoms with Gasteiger partial charge < -0.3 is 19.9 Å². The Balaban J connectivity index is 2.15. The van der Waals surface area contributed by atoms with Crippen LogP contribution in [0, 0.1) is 6.92 Å². The molecule has 136 valence electrons. The molecule has 0 bridgehead atoms. The fourth-order valence-corrected chi connectivity index (χ4v) is 3.50. The Hall–Kier alpha value is -2.15. The van der Waals surface area contributed by atoms with Gasteiger partial charge in [-0.2, -0.15) is 0 Å². The topological polar surface area (TPSA) is 67.8 Å². The van der Waals surface area contributed by atoms with Gasteiger partial charge in [0.2, 0.25) is 0 Å². The number of nitrogens with one attached hydrogen (secondary N) is 1. The van der Waals surface area contributed by atoms with Gasteiger partial charge in [-0.25, -0.2) is 0 Å². The zero-order valence-electron chi connectivity index (χ0n) is 14.3. The largest absolute Gasteiger partial charge is 0.495 e. The molecule has 2 aromatic rings. The number of fused-ring (bicyclic) bond motifs is 1. The number of anilines is 1. The summed E-state index contributed by atoms with van der Waals surface area (Å²) >= 11 is 11.9. The molecule has 0 aliphatic carbocycles. The van der Waals surface area contributed by atoms with Crippen molar-refractivity contribution in [3.63, 3.8) is 0 Å². The predicted octanol–water partition coefficient (Wildman–Crippen LogP) is 4.36. The first-order chi connectivity index (χ1) is 12.4. The monoisotopic (exact) mass is 391 g/mol. The lowest BCUT2D eigenvalue weighted by Crippen LogP contribution is -2.30. The highest BCUT2D eigenvalue weighted by molar-refractivity contribution is 7.80. The van der Waals surface area contributed by atoms with E-state index in [9.17, 15) is 9.90 Å². The number of hydrogen-bond acceptors (Lipinski definition) is 4. The molecule has 0 amide bonds. The van der Waals surface area contributed by atoms with E-state index in [1.54, 1.807) is 13.2 Å². The predicted molar refractivity (Wildman–Crippen MR) is 104 cm³/mol. The van der Waals surface area contributed by atoms with Gasteiger partial charge in [-0.1, -0.05) is 53.6 Å². The molecule has 2 atom stereocenters. The number of halogens is 1. The summed E-state index contributed by atoms with van der Waals surface area (Å²) in [5.74, 6) is -0.465. The molecule has 2 N–H and O–H groups in total. The molecule has 5 nitrogen and oxygen atoms in total. The molecule has 26 heavy (non-hydrogen) atoms. The van der Waals surface area contributed by atoms with Crippen LogP contribution >= 0.6 is 23.8 Å². The number of thiocarbonyl (C=S) groups is 1. The quantitative estimate of drug-likeness (QED) is 0.755. The van der Waals surface area contributed by atoms with Gasteiger partial charge in [-0.15, -0.1) is 0 Å². The van der Waals surface area contributed by atoms with E-state index in [0.29, 0.717) is 21.3 Å². The highest BCUT2D eigenvalue weighted by Crippen LogP contribution is 2.41. The van der Waals surface area contributed by atoms with Gasteiger partial charge in [0, 0.05) is 16.8 Å². The fourth-order valence-electron chi connectivity index (χ4n) is 2.95.